The van der Waals surface area contributed by atoms with Gasteiger partial charge in [0.1, 0.15) is 0 Å². The fourth-order valence-corrected chi connectivity index (χ4v) is 1.46. The average Bonchev–Trinajstić information content (AvgIpc) is 2.30. The van der Waals surface area contributed by atoms with Crippen molar-refractivity contribution in [1.82, 2.24) is 5.32 Å². The molecule has 0 spiro atoms. The van der Waals surface area contributed by atoms with E-state index in [-0.39, 0.29) is 31.2 Å². The summed E-state index contributed by atoms with van der Waals surface area (Å²) in [6.45, 7) is 1.68. The first kappa shape index (κ1) is 14.7. The quantitative estimate of drug-likeness (QED) is 0.707. The maximum Gasteiger partial charge on any atom is 0.307 e. The van der Waals surface area contributed by atoms with Crippen LogP contribution in [0.2, 0.25) is 0 Å². The Balaban J connectivity index is 2.42. The van der Waals surface area contributed by atoms with Gasteiger partial charge in [0.15, 0.2) is 0 Å². The minimum Gasteiger partial charge on any atom is -0.481 e. The first-order chi connectivity index (χ1) is 8.97. The van der Waals surface area contributed by atoms with E-state index in [0.29, 0.717) is 11.3 Å². The fourth-order valence-electron chi connectivity index (χ4n) is 1.46. The van der Waals surface area contributed by atoms with Crippen LogP contribution in [0.15, 0.2) is 24.3 Å². The molecule has 0 bridgehead atoms. The number of aliphatic carboxylic acids is 1. The largest absolute Gasteiger partial charge is 0.481 e. The van der Waals surface area contributed by atoms with Gasteiger partial charge in [-0.2, -0.15) is 0 Å². The smallest absolute Gasteiger partial charge is 0.307 e. The van der Waals surface area contributed by atoms with Crippen molar-refractivity contribution in [3.63, 3.8) is 0 Å². The van der Waals surface area contributed by atoms with Crippen molar-refractivity contribution in [2.45, 2.75) is 19.8 Å². The van der Waals surface area contributed by atoms with Gasteiger partial charge in [0.2, 0.25) is 11.8 Å². The van der Waals surface area contributed by atoms with Gasteiger partial charge in [-0.25, -0.2) is 0 Å². The van der Waals surface area contributed by atoms with Gasteiger partial charge in [-0.05, 0) is 17.7 Å². The third kappa shape index (κ3) is 6.21. The molecule has 0 aromatic heterocycles. The van der Waals surface area contributed by atoms with Crippen LogP contribution in [0.4, 0.5) is 5.69 Å². The molecule has 0 atom stereocenters. The Morgan fingerprint density at radius 3 is 2.32 bits per heavy atom. The Hall–Kier alpha value is -2.37. The standard InChI is InChI=1S/C13H16N2O4/c1-9(16)14-7-6-12(17)15-11-4-2-10(3-5-11)8-13(18)19/h2-5H,6-8H2,1H3,(H,14,16)(H,15,17)(H,18,19). The average molecular weight is 264 g/mol. The van der Waals surface area contributed by atoms with Crippen LogP contribution in [0.25, 0.3) is 0 Å². The molecule has 6 nitrogen and oxygen atoms in total. The lowest BCUT2D eigenvalue weighted by Gasteiger charge is -2.06. The summed E-state index contributed by atoms with van der Waals surface area (Å²) < 4.78 is 0. The first-order valence-electron chi connectivity index (χ1n) is 5.82. The number of carboxylic acid groups (broad SMARTS) is 1. The molecule has 0 radical (unpaired) electrons. The fraction of sp³-hybridized carbons (Fsp3) is 0.308. The number of anilines is 1. The van der Waals surface area contributed by atoms with Crippen molar-refractivity contribution < 1.29 is 19.5 Å². The zero-order chi connectivity index (χ0) is 14.3. The molecule has 0 saturated carbocycles. The van der Waals surface area contributed by atoms with E-state index in [1.54, 1.807) is 24.3 Å². The van der Waals surface area contributed by atoms with Crippen molar-refractivity contribution in [3.8, 4) is 0 Å². The molecular weight excluding hydrogens is 248 g/mol. The molecule has 0 fully saturated rings. The van der Waals surface area contributed by atoms with Crippen molar-refractivity contribution in [3.05, 3.63) is 29.8 Å². The van der Waals surface area contributed by atoms with Crippen molar-refractivity contribution in [2.75, 3.05) is 11.9 Å². The van der Waals surface area contributed by atoms with Crippen molar-refractivity contribution >= 4 is 23.5 Å². The third-order valence-electron chi connectivity index (χ3n) is 2.32. The SMILES string of the molecule is CC(=O)NCCC(=O)Nc1ccc(CC(=O)O)cc1. The van der Waals surface area contributed by atoms with E-state index in [2.05, 4.69) is 10.6 Å². The zero-order valence-electron chi connectivity index (χ0n) is 10.6. The van der Waals surface area contributed by atoms with E-state index in [4.69, 9.17) is 5.11 Å². The molecule has 2 amide bonds. The molecule has 0 saturated heterocycles. The maximum atomic E-state index is 11.5. The molecule has 1 aromatic carbocycles. The Morgan fingerprint density at radius 2 is 1.79 bits per heavy atom. The third-order valence-corrected chi connectivity index (χ3v) is 2.32. The second-order valence-electron chi connectivity index (χ2n) is 4.05. The Kier molecular flexibility index (Phi) is 5.53. The van der Waals surface area contributed by atoms with Gasteiger partial charge < -0.3 is 15.7 Å². The normalized spacial score (nSPS) is 9.74. The first-order valence-corrected chi connectivity index (χ1v) is 5.82. The van der Waals surface area contributed by atoms with E-state index in [0.717, 1.165) is 0 Å². The van der Waals surface area contributed by atoms with E-state index < -0.39 is 5.97 Å². The molecule has 0 unspecified atom stereocenters. The summed E-state index contributed by atoms with van der Waals surface area (Å²) >= 11 is 0. The number of rotatable bonds is 6. The molecule has 102 valence electrons. The Bertz CT molecular complexity index is 468. The van der Waals surface area contributed by atoms with Crippen LogP contribution in [-0.2, 0) is 20.8 Å². The highest BCUT2D eigenvalue weighted by Gasteiger charge is 2.04. The Labute approximate surface area is 110 Å². The highest BCUT2D eigenvalue weighted by atomic mass is 16.4. The molecule has 0 heterocycles. The van der Waals surface area contributed by atoms with E-state index >= 15 is 0 Å². The maximum absolute atomic E-state index is 11.5. The van der Waals surface area contributed by atoms with Gasteiger partial charge >= 0.3 is 5.97 Å². The van der Waals surface area contributed by atoms with E-state index in [1.165, 1.54) is 6.92 Å². The number of carbonyl (C=O) groups excluding carboxylic acids is 2. The van der Waals surface area contributed by atoms with Crippen molar-refractivity contribution in [2.24, 2.45) is 0 Å². The second-order valence-corrected chi connectivity index (χ2v) is 4.05. The molecular formula is C13H16N2O4. The lowest BCUT2D eigenvalue weighted by Crippen LogP contribution is -2.25. The molecule has 19 heavy (non-hydrogen) atoms. The summed E-state index contributed by atoms with van der Waals surface area (Å²) in [5.41, 5.74) is 1.27. The molecule has 0 aliphatic heterocycles. The lowest BCUT2D eigenvalue weighted by molar-refractivity contribution is -0.136. The number of carbonyl (C=O) groups is 3. The summed E-state index contributed by atoms with van der Waals surface area (Å²) in [5, 5.41) is 13.8. The number of hydrogen-bond donors (Lipinski definition) is 3. The van der Waals surface area contributed by atoms with Crippen LogP contribution in [0.1, 0.15) is 18.9 Å². The predicted molar refractivity (Wildman–Crippen MR) is 69.7 cm³/mol. The predicted octanol–water partition coefficient (Wildman–Crippen LogP) is 0.778. The molecule has 1 rings (SSSR count). The van der Waals surface area contributed by atoms with Gasteiger partial charge in [0.05, 0.1) is 6.42 Å². The van der Waals surface area contributed by atoms with E-state index in [9.17, 15) is 14.4 Å². The highest BCUT2D eigenvalue weighted by Crippen LogP contribution is 2.10. The summed E-state index contributed by atoms with van der Waals surface area (Å²) in [4.78, 5) is 32.6. The van der Waals surface area contributed by atoms with Crippen LogP contribution < -0.4 is 10.6 Å². The second kappa shape index (κ2) is 7.15. The van der Waals surface area contributed by atoms with E-state index in [1.807, 2.05) is 0 Å². The molecule has 3 N–H and O–H groups in total. The summed E-state index contributed by atoms with van der Waals surface area (Å²) in [7, 11) is 0. The topological polar surface area (TPSA) is 95.5 Å². The van der Waals surface area contributed by atoms with Crippen LogP contribution in [-0.4, -0.2) is 29.4 Å². The lowest BCUT2D eigenvalue weighted by atomic mass is 10.1. The highest BCUT2D eigenvalue weighted by molar-refractivity contribution is 5.91. The summed E-state index contributed by atoms with van der Waals surface area (Å²) in [5.74, 6) is -1.28. The minimum absolute atomic E-state index is 0.0449. The number of nitrogens with one attached hydrogen (secondary N) is 2. The number of amides is 2. The number of carboxylic acids is 1. The molecule has 0 aliphatic carbocycles. The molecule has 6 heteroatoms. The van der Waals surface area contributed by atoms with Crippen LogP contribution in [0.3, 0.4) is 0 Å². The number of hydrogen-bond acceptors (Lipinski definition) is 3. The number of benzene rings is 1. The van der Waals surface area contributed by atoms with Gasteiger partial charge in [-0.3, -0.25) is 14.4 Å². The summed E-state index contributed by atoms with van der Waals surface area (Å²) in [6.07, 6.45) is 0.146. The Morgan fingerprint density at radius 1 is 1.16 bits per heavy atom. The van der Waals surface area contributed by atoms with Crippen LogP contribution in [0, 0.1) is 0 Å². The van der Waals surface area contributed by atoms with Crippen LogP contribution >= 0.6 is 0 Å². The molecule has 0 aliphatic rings. The minimum atomic E-state index is -0.896. The zero-order valence-corrected chi connectivity index (χ0v) is 10.6. The van der Waals surface area contributed by atoms with Gasteiger partial charge in [0.25, 0.3) is 0 Å². The van der Waals surface area contributed by atoms with Crippen molar-refractivity contribution in [1.29, 1.82) is 0 Å². The van der Waals surface area contributed by atoms with Gasteiger partial charge in [0, 0.05) is 25.6 Å². The van der Waals surface area contributed by atoms with Gasteiger partial charge in [-0.15, -0.1) is 0 Å². The van der Waals surface area contributed by atoms with Crippen LogP contribution in [0.5, 0.6) is 0 Å². The monoisotopic (exact) mass is 264 g/mol. The van der Waals surface area contributed by atoms with Gasteiger partial charge in [-0.1, -0.05) is 12.1 Å². The molecule has 1 aromatic rings. The summed E-state index contributed by atoms with van der Waals surface area (Å²) in [6, 6.07) is 6.60.